The molecule has 0 aliphatic heterocycles. The molecule has 0 aromatic heterocycles. The minimum absolute atomic E-state index is 0.0643. The molecular formula is C13H22N2O2. The van der Waals surface area contributed by atoms with Crippen LogP contribution in [0.1, 0.15) is 11.1 Å². The van der Waals surface area contributed by atoms with Crippen LogP contribution in [0.2, 0.25) is 0 Å². The molecule has 1 unspecified atom stereocenters. The zero-order valence-corrected chi connectivity index (χ0v) is 10.8. The van der Waals surface area contributed by atoms with Crippen LogP contribution in [0.4, 0.5) is 5.69 Å². The van der Waals surface area contributed by atoms with Gasteiger partial charge in [-0.1, -0.05) is 6.07 Å². The second-order valence-electron chi connectivity index (χ2n) is 4.04. The van der Waals surface area contributed by atoms with Gasteiger partial charge in [-0.3, -0.25) is 0 Å². The molecule has 0 aliphatic rings. The summed E-state index contributed by atoms with van der Waals surface area (Å²) in [5.41, 5.74) is 9.09. The van der Waals surface area contributed by atoms with E-state index in [9.17, 15) is 0 Å². The number of benzene rings is 1. The molecule has 4 heteroatoms. The summed E-state index contributed by atoms with van der Waals surface area (Å²) < 4.78 is 10.3. The van der Waals surface area contributed by atoms with E-state index >= 15 is 0 Å². The van der Waals surface area contributed by atoms with Crippen LogP contribution in [0.5, 0.6) is 0 Å². The highest BCUT2D eigenvalue weighted by Gasteiger charge is 2.06. The summed E-state index contributed by atoms with van der Waals surface area (Å²) in [7, 11) is 3.36. The van der Waals surface area contributed by atoms with E-state index in [1.54, 1.807) is 14.2 Å². The first-order valence-electron chi connectivity index (χ1n) is 5.76. The quantitative estimate of drug-likeness (QED) is 0.756. The number of nitrogens with two attached hydrogens (primary N) is 1. The van der Waals surface area contributed by atoms with Gasteiger partial charge in [-0.2, -0.15) is 0 Å². The van der Waals surface area contributed by atoms with Gasteiger partial charge >= 0.3 is 0 Å². The van der Waals surface area contributed by atoms with Crippen LogP contribution >= 0.6 is 0 Å². The van der Waals surface area contributed by atoms with Crippen LogP contribution < -0.4 is 11.1 Å². The van der Waals surface area contributed by atoms with Gasteiger partial charge in [0.2, 0.25) is 0 Å². The molecule has 4 nitrogen and oxygen atoms in total. The van der Waals surface area contributed by atoms with Crippen molar-refractivity contribution in [1.29, 1.82) is 0 Å². The lowest BCUT2D eigenvalue weighted by atomic mass is 10.1. The first kappa shape index (κ1) is 14.0. The Morgan fingerprint density at radius 3 is 2.65 bits per heavy atom. The maximum atomic E-state index is 5.63. The maximum Gasteiger partial charge on any atom is 0.0976 e. The third kappa shape index (κ3) is 4.34. The lowest BCUT2D eigenvalue weighted by molar-refractivity contribution is 0.0365. The van der Waals surface area contributed by atoms with Crippen LogP contribution in [-0.2, 0) is 16.0 Å². The SMILES string of the molecule is COCC(CNc1ccc(CN)c(C)c1)OC. The molecule has 0 bridgehead atoms. The number of aryl methyl sites for hydroxylation is 1. The first-order valence-corrected chi connectivity index (χ1v) is 5.76. The molecule has 0 radical (unpaired) electrons. The zero-order valence-electron chi connectivity index (χ0n) is 10.8. The summed E-state index contributed by atoms with van der Waals surface area (Å²) in [6.45, 7) is 3.96. The normalized spacial score (nSPS) is 12.5. The van der Waals surface area contributed by atoms with Crippen molar-refractivity contribution in [1.82, 2.24) is 0 Å². The molecule has 1 aromatic rings. The monoisotopic (exact) mass is 238 g/mol. The maximum absolute atomic E-state index is 5.63. The van der Waals surface area contributed by atoms with Crippen LogP contribution in [-0.4, -0.2) is 33.5 Å². The lowest BCUT2D eigenvalue weighted by Crippen LogP contribution is -2.26. The Morgan fingerprint density at radius 2 is 2.12 bits per heavy atom. The standard InChI is InChI=1S/C13H22N2O2/c1-10-6-12(5-4-11(10)7-14)15-8-13(17-3)9-16-2/h4-6,13,15H,7-9,14H2,1-3H3. The predicted octanol–water partition coefficient (Wildman–Crippen LogP) is 1.53. The summed E-state index contributed by atoms with van der Waals surface area (Å²) in [6, 6.07) is 6.19. The van der Waals surface area contributed by atoms with Gasteiger partial charge in [-0.05, 0) is 30.2 Å². The van der Waals surface area contributed by atoms with Crippen molar-refractivity contribution in [3.05, 3.63) is 29.3 Å². The smallest absolute Gasteiger partial charge is 0.0976 e. The van der Waals surface area contributed by atoms with Crippen molar-refractivity contribution < 1.29 is 9.47 Å². The van der Waals surface area contributed by atoms with Crippen LogP contribution in [0, 0.1) is 6.92 Å². The number of hydrogen-bond donors (Lipinski definition) is 2. The van der Waals surface area contributed by atoms with E-state index < -0.39 is 0 Å². The molecule has 0 heterocycles. The van der Waals surface area contributed by atoms with E-state index in [4.69, 9.17) is 15.2 Å². The number of ether oxygens (including phenoxy) is 2. The number of hydrogen-bond acceptors (Lipinski definition) is 4. The van der Waals surface area contributed by atoms with Gasteiger partial charge in [0.1, 0.15) is 0 Å². The van der Waals surface area contributed by atoms with E-state index in [1.165, 1.54) is 11.1 Å². The summed E-state index contributed by atoms with van der Waals surface area (Å²) in [5.74, 6) is 0. The third-order valence-corrected chi connectivity index (χ3v) is 2.78. The van der Waals surface area contributed by atoms with Gasteiger partial charge in [0, 0.05) is 33.0 Å². The van der Waals surface area contributed by atoms with Crippen LogP contribution in [0.25, 0.3) is 0 Å². The Kier molecular flexibility index (Phi) is 5.97. The van der Waals surface area contributed by atoms with Crippen molar-refractivity contribution in [2.45, 2.75) is 19.6 Å². The molecule has 0 spiro atoms. The molecule has 3 N–H and O–H groups in total. The van der Waals surface area contributed by atoms with Crippen LogP contribution in [0.3, 0.4) is 0 Å². The fraction of sp³-hybridized carbons (Fsp3) is 0.538. The van der Waals surface area contributed by atoms with Gasteiger partial charge in [-0.15, -0.1) is 0 Å². The minimum atomic E-state index is 0.0643. The fourth-order valence-electron chi connectivity index (χ4n) is 1.66. The molecule has 0 aliphatic carbocycles. The van der Waals surface area contributed by atoms with Crippen molar-refractivity contribution in [2.75, 3.05) is 32.7 Å². The summed E-state index contributed by atoms with van der Waals surface area (Å²) >= 11 is 0. The summed E-state index contributed by atoms with van der Waals surface area (Å²) in [6.07, 6.45) is 0.0643. The minimum Gasteiger partial charge on any atom is -0.382 e. The van der Waals surface area contributed by atoms with E-state index in [0.717, 1.165) is 12.2 Å². The van der Waals surface area contributed by atoms with E-state index in [1.807, 2.05) is 6.07 Å². The van der Waals surface area contributed by atoms with E-state index in [-0.39, 0.29) is 6.10 Å². The first-order chi connectivity index (χ1) is 8.21. The Balaban J connectivity index is 2.54. The summed E-state index contributed by atoms with van der Waals surface area (Å²) in [5, 5.41) is 3.33. The Bertz CT molecular complexity index is 342. The van der Waals surface area contributed by atoms with Crippen molar-refractivity contribution in [3.8, 4) is 0 Å². The van der Waals surface area contributed by atoms with Gasteiger partial charge in [0.05, 0.1) is 12.7 Å². The van der Waals surface area contributed by atoms with Gasteiger partial charge in [-0.25, -0.2) is 0 Å². The highest BCUT2D eigenvalue weighted by molar-refractivity contribution is 5.48. The van der Waals surface area contributed by atoms with E-state index in [2.05, 4.69) is 24.4 Å². The second-order valence-corrected chi connectivity index (χ2v) is 4.04. The average molecular weight is 238 g/mol. The molecule has 0 fully saturated rings. The number of nitrogens with one attached hydrogen (secondary N) is 1. The van der Waals surface area contributed by atoms with Gasteiger partial charge < -0.3 is 20.5 Å². The highest BCUT2D eigenvalue weighted by atomic mass is 16.5. The molecule has 96 valence electrons. The number of rotatable bonds is 7. The predicted molar refractivity (Wildman–Crippen MR) is 70.2 cm³/mol. The topological polar surface area (TPSA) is 56.5 Å². The van der Waals surface area contributed by atoms with Gasteiger partial charge in [0.25, 0.3) is 0 Å². The zero-order chi connectivity index (χ0) is 12.7. The molecule has 0 saturated heterocycles. The number of anilines is 1. The Hall–Kier alpha value is -1.10. The molecule has 17 heavy (non-hydrogen) atoms. The Labute approximate surface area is 103 Å². The molecule has 0 amide bonds. The highest BCUT2D eigenvalue weighted by Crippen LogP contribution is 2.14. The van der Waals surface area contributed by atoms with Gasteiger partial charge in [0.15, 0.2) is 0 Å². The summed E-state index contributed by atoms with van der Waals surface area (Å²) in [4.78, 5) is 0. The average Bonchev–Trinajstić information content (AvgIpc) is 2.34. The molecular weight excluding hydrogens is 216 g/mol. The largest absolute Gasteiger partial charge is 0.382 e. The van der Waals surface area contributed by atoms with Crippen LogP contribution in [0.15, 0.2) is 18.2 Å². The second kappa shape index (κ2) is 7.27. The number of methoxy groups -OCH3 is 2. The molecule has 1 atom stereocenters. The third-order valence-electron chi connectivity index (χ3n) is 2.78. The van der Waals surface area contributed by atoms with Crippen molar-refractivity contribution in [2.24, 2.45) is 5.73 Å². The molecule has 1 aromatic carbocycles. The molecule has 0 saturated carbocycles. The van der Waals surface area contributed by atoms with Crippen molar-refractivity contribution >= 4 is 5.69 Å². The van der Waals surface area contributed by atoms with E-state index in [0.29, 0.717) is 13.2 Å². The Morgan fingerprint density at radius 1 is 1.35 bits per heavy atom. The molecule has 1 rings (SSSR count). The van der Waals surface area contributed by atoms with Crippen molar-refractivity contribution in [3.63, 3.8) is 0 Å². The fourth-order valence-corrected chi connectivity index (χ4v) is 1.66. The lowest BCUT2D eigenvalue weighted by Gasteiger charge is -2.16.